The third-order valence-electron chi connectivity index (χ3n) is 1.86. The second-order valence-electron chi connectivity index (χ2n) is 3.13. The van der Waals surface area contributed by atoms with Crippen LogP contribution in [0.3, 0.4) is 0 Å². The third kappa shape index (κ3) is 2.28. The number of rotatable bonds is 2. The van der Waals surface area contributed by atoms with E-state index in [1.807, 2.05) is 13.0 Å². The van der Waals surface area contributed by atoms with Gasteiger partial charge in [-0.05, 0) is 18.1 Å². The Labute approximate surface area is 78.4 Å². The van der Waals surface area contributed by atoms with Crippen molar-refractivity contribution in [1.82, 2.24) is 9.88 Å². The summed E-state index contributed by atoms with van der Waals surface area (Å²) in [4.78, 5) is 17.1. The third-order valence-corrected chi connectivity index (χ3v) is 1.86. The number of nitrogens with zero attached hydrogens (tertiary/aromatic N) is 2. The molecule has 0 saturated carbocycles. The van der Waals surface area contributed by atoms with Crippen LogP contribution in [0.2, 0.25) is 0 Å². The predicted molar refractivity (Wildman–Crippen MR) is 51.6 cm³/mol. The highest BCUT2D eigenvalue weighted by molar-refractivity contribution is 5.93. The Bertz CT molecular complexity index is 308. The number of hydrogen-bond acceptors (Lipinski definition) is 2. The fourth-order valence-electron chi connectivity index (χ4n) is 1.06. The van der Waals surface area contributed by atoms with Gasteiger partial charge in [0.25, 0.3) is 5.91 Å². The van der Waals surface area contributed by atoms with Crippen LogP contribution < -0.4 is 0 Å². The molecule has 3 heteroatoms. The molecule has 0 radical (unpaired) electrons. The van der Waals surface area contributed by atoms with E-state index in [-0.39, 0.29) is 5.91 Å². The highest BCUT2D eigenvalue weighted by Crippen LogP contribution is 2.05. The summed E-state index contributed by atoms with van der Waals surface area (Å²) in [5.74, 6) is 0.00259. The van der Waals surface area contributed by atoms with Crippen molar-refractivity contribution in [2.75, 3.05) is 14.1 Å². The average molecular weight is 178 g/mol. The van der Waals surface area contributed by atoms with Gasteiger partial charge in [0.05, 0.1) is 5.56 Å². The normalized spacial score (nSPS) is 9.77. The number of amides is 1. The van der Waals surface area contributed by atoms with E-state index in [1.165, 1.54) is 0 Å². The molecule has 0 atom stereocenters. The van der Waals surface area contributed by atoms with Crippen LogP contribution in [0.5, 0.6) is 0 Å². The lowest BCUT2D eigenvalue weighted by Crippen LogP contribution is -2.21. The van der Waals surface area contributed by atoms with Gasteiger partial charge >= 0.3 is 0 Å². The van der Waals surface area contributed by atoms with Crippen LogP contribution in [0.1, 0.15) is 22.8 Å². The van der Waals surface area contributed by atoms with Gasteiger partial charge < -0.3 is 4.90 Å². The number of aryl methyl sites for hydroxylation is 1. The Hall–Kier alpha value is -1.38. The van der Waals surface area contributed by atoms with E-state index < -0.39 is 0 Å². The molecule has 0 aliphatic rings. The van der Waals surface area contributed by atoms with Crippen molar-refractivity contribution in [3.63, 3.8) is 0 Å². The zero-order valence-corrected chi connectivity index (χ0v) is 8.24. The SMILES string of the molecule is CCc1cncc(C(=O)N(C)C)c1. The summed E-state index contributed by atoms with van der Waals surface area (Å²) >= 11 is 0. The van der Waals surface area contributed by atoms with E-state index in [0.717, 1.165) is 12.0 Å². The van der Waals surface area contributed by atoms with E-state index in [4.69, 9.17) is 0 Å². The maximum Gasteiger partial charge on any atom is 0.254 e. The van der Waals surface area contributed by atoms with Crippen LogP contribution in [-0.2, 0) is 6.42 Å². The molecule has 13 heavy (non-hydrogen) atoms. The van der Waals surface area contributed by atoms with Gasteiger partial charge in [-0.3, -0.25) is 9.78 Å². The Kier molecular flexibility index (Phi) is 3.01. The minimum Gasteiger partial charge on any atom is -0.345 e. The quantitative estimate of drug-likeness (QED) is 0.684. The van der Waals surface area contributed by atoms with E-state index >= 15 is 0 Å². The first-order chi connectivity index (χ1) is 6.15. The maximum atomic E-state index is 11.5. The summed E-state index contributed by atoms with van der Waals surface area (Å²) < 4.78 is 0. The Morgan fingerprint density at radius 1 is 1.46 bits per heavy atom. The molecule has 1 rings (SSSR count). The van der Waals surface area contributed by atoms with Crippen LogP contribution in [0.25, 0.3) is 0 Å². The van der Waals surface area contributed by atoms with E-state index in [9.17, 15) is 4.79 Å². The van der Waals surface area contributed by atoms with Crippen molar-refractivity contribution in [3.8, 4) is 0 Å². The summed E-state index contributed by atoms with van der Waals surface area (Å²) in [6.45, 7) is 2.04. The second kappa shape index (κ2) is 4.03. The van der Waals surface area contributed by atoms with Crippen molar-refractivity contribution in [3.05, 3.63) is 29.6 Å². The lowest BCUT2D eigenvalue weighted by molar-refractivity contribution is 0.0827. The molecule has 0 aromatic carbocycles. The molecule has 1 aromatic rings. The van der Waals surface area contributed by atoms with Crippen molar-refractivity contribution in [2.24, 2.45) is 0 Å². The highest BCUT2D eigenvalue weighted by Gasteiger charge is 2.07. The molecule has 0 fully saturated rings. The van der Waals surface area contributed by atoms with Gasteiger partial charge in [-0.1, -0.05) is 6.92 Å². The molecule has 3 nitrogen and oxygen atoms in total. The second-order valence-corrected chi connectivity index (χ2v) is 3.13. The van der Waals surface area contributed by atoms with Crippen LogP contribution in [-0.4, -0.2) is 29.9 Å². The number of hydrogen-bond donors (Lipinski definition) is 0. The Morgan fingerprint density at radius 3 is 2.69 bits per heavy atom. The Balaban J connectivity index is 2.95. The van der Waals surface area contributed by atoms with Crippen LogP contribution >= 0.6 is 0 Å². The molecule has 0 unspecified atom stereocenters. The standard InChI is InChI=1S/C10H14N2O/c1-4-8-5-9(7-11-6-8)10(13)12(2)3/h5-7H,4H2,1-3H3. The zero-order chi connectivity index (χ0) is 9.84. The minimum atomic E-state index is 0.00259. The molecule has 1 aromatic heterocycles. The van der Waals surface area contributed by atoms with Gasteiger partial charge in [0.1, 0.15) is 0 Å². The van der Waals surface area contributed by atoms with Crippen molar-refractivity contribution in [2.45, 2.75) is 13.3 Å². The molecule has 1 heterocycles. The monoisotopic (exact) mass is 178 g/mol. The number of carbonyl (C=O) groups is 1. The van der Waals surface area contributed by atoms with Gasteiger partial charge in [0, 0.05) is 26.5 Å². The fourth-order valence-corrected chi connectivity index (χ4v) is 1.06. The molecule has 0 aliphatic carbocycles. The van der Waals surface area contributed by atoms with Crippen LogP contribution in [0.15, 0.2) is 18.5 Å². The van der Waals surface area contributed by atoms with Gasteiger partial charge in [0.15, 0.2) is 0 Å². The largest absolute Gasteiger partial charge is 0.345 e. The van der Waals surface area contributed by atoms with Crippen molar-refractivity contribution in [1.29, 1.82) is 0 Å². The van der Waals surface area contributed by atoms with E-state index in [1.54, 1.807) is 31.4 Å². The lowest BCUT2D eigenvalue weighted by atomic mass is 10.1. The molecular formula is C10H14N2O. The van der Waals surface area contributed by atoms with Gasteiger partial charge in [-0.2, -0.15) is 0 Å². The zero-order valence-electron chi connectivity index (χ0n) is 8.24. The molecule has 70 valence electrons. The van der Waals surface area contributed by atoms with Gasteiger partial charge in [0.2, 0.25) is 0 Å². The molecule has 0 aliphatic heterocycles. The summed E-state index contributed by atoms with van der Waals surface area (Å²) in [7, 11) is 3.47. The van der Waals surface area contributed by atoms with E-state index in [2.05, 4.69) is 4.98 Å². The smallest absolute Gasteiger partial charge is 0.254 e. The van der Waals surface area contributed by atoms with Gasteiger partial charge in [-0.25, -0.2) is 0 Å². The summed E-state index contributed by atoms with van der Waals surface area (Å²) in [6.07, 6.45) is 4.29. The maximum absolute atomic E-state index is 11.5. The molecule has 0 saturated heterocycles. The molecule has 0 spiro atoms. The molecule has 1 amide bonds. The first kappa shape index (κ1) is 9.71. The summed E-state index contributed by atoms with van der Waals surface area (Å²) in [5.41, 5.74) is 1.75. The Morgan fingerprint density at radius 2 is 2.15 bits per heavy atom. The predicted octanol–water partition coefficient (Wildman–Crippen LogP) is 1.35. The molecule has 0 N–H and O–H groups in total. The number of aromatic nitrogens is 1. The van der Waals surface area contributed by atoms with Crippen molar-refractivity contribution < 1.29 is 4.79 Å². The van der Waals surface area contributed by atoms with Crippen LogP contribution in [0.4, 0.5) is 0 Å². The van der Waals surface area contributed by atoms with E-state index in [0.29, 0.717) is 5.56 Å². The van der Waals surface area contributed by atoms with Crippen LogP contribution in [0, 0.1) is 0 Å². The van der Waals surface area contributed by atoms with Gasteiger partial charge in [-0.15, -0.1) is 0 Å². The topological polar surface area (TPSA) is 33.2 Å². The van der Waals surface area contributed by atoms with Crippen molar-refractivity contribution >= 4 is 5.91 Å². The highest BCUT2D eigenvalue weighted by atomic mass is 16.2. The lowest BCUT2D eigenvalue weighted by Gasteiger charge is -2.10. The molecular weight excluding hydrogens is 164 g/mol. The first-order valence-electron chi connectivity index (χ1n) is 4.30. The summed E-state index contributed by atoms with van der Waals surface area (Å²) in [6, 6.07) is 1.88. The number of carbonyl (C=O) groups excluding carboxylic acids is 1. The molecule has 0 bridgehead atoms. The minimum absolute atomic E-state index is 0.00259. The fraction of sp³-hybridized carbons (Fsp3) is 0.400. The summed E-state index contributed by atoms with van der Waals surface area (Å²) in [5, 5.41) is 0. The first-order valence-corrected chi connectivity index (χ1v) is 4.30. The average Bonchev–Trinajstić information content (AvgIpc) is 2.16. The number of pyridine rings is 1.